The summed E-state index contributed by atoms with van der Waals surface area (Å²) in [6.07, 6.45) is 0. The van der Waals surface area contributed by atoms with E-state index in [4.69, 9.17) is 23.2 Å². The molecule has 1 aliphatic rings. The van der Waals surface area contributed by atoms with Crippen molar-refractivity contribution >= 4 is 40.7 Å². The predicted octanol–water partition coefficient (Wildman–Crippen LogP) is 5.62. The quantitative estimate of drug-likeness (QED) is 0.327. The lowest BCUT2D eigenvalue weighted by molar-refractivity contribution is -0.140. The molecule has 1 saturated heterocycles. The summed E-state index contributed by atoms with van der Waals surface area (Å²) in [6.45, 7) is 0.210. The summed E-state index contributed by atoms with van der Waals surface area (Å²) in [5, 5.41) is 11.6. The second-order valence-electron chi connectivity index (χ2n) is 6.95. The van der Waals surface area contributed by atoms with Gasteiger partial charge >= 0.3 is 0 Å². The van der Waals surface area contributed by atoms with E-state index >= 15 is 0 Å². The van der Waals surface area contributed by atoms with Crippen LogP contribution in [0.25, 0.3) is 5.76 Å². The lowest BCUT2D eigenvalue weighted by Gasteiger charge is -2.25. The Morgan fingerprint density at radius 2 is 1.50 bits per heavy atom. The third-order valence-electron chi connectivity index (χ3n) is 5.04. The number of aliphatic hydroxyl groups excluding tert-OH is 1. The number of likely N-dealkylation sites (tertiary alicyclic amines) is 1. The van der Waals surface area contributed by atoms with Gasteiger partial charge in [0.15, 0.2) is 0 Å². The van der Waals surface area contributed by atoms with Gasteiger partial charge in [-0.25, -0.2) is 0 Å². The van der Waals surface area contributed by atoms with Crippen molar-refractivity contribution < 1.29 is 14.7 Å². The number of halogens is 2. The van der Waals surface area contributed by atoms with Gasteiger partial charge in [0.05, 0.1) is 21.7 Å². The number of carbonyl (C=O) groups excluding carboxylic acids is 2. The first-order valence-electron chi connectivity index (χ1n) is 9.30. The molecule has 3 aromatic carbocycles. The molecule has 0 saturated carbocycles. The van der Waals surface area contributed by atoms with Gasteiger partial charge in [-0.1, -0.05) is 89.9 Å². The SMILES string of the molecule is O=C1C(=O)N(Cc2ccccc2)C(c2ccc(Cl)c(Cl)c2)/C1=C(\O)c1ccccc1. The highest BCUT2D eigenvalue weighted by Gasteiger charge is 2.46. The van der Waals surface area contributed by atoms with Crippen molar-refractivity contribution in [2.45, 2.75) is 12.6 Å². The predicted molar refractivity (Wildman–Crippen MR) is 117 cm³/mol. The number of amides is 1. The average Bonchev–Trinajstić information content (AvgIpc) is 3.01. The van der Waals surface area contributed by atoms with E-state index in [9.17, 15) is 14.7 Å². The summed E-state index contributed by atoms with van der Waals surface area (Å²) in [4.78, 5) is 27.4. The van der Waals surface area contributed by atoms with Crippen LogP contribution in [-0.4, -0.2) is 21.7 Å². The Morgan fingerprint density at radius 3 is 2.13 bits per heavy atom. The monoisotopic (exact) mass is 437 g/mol. The van der Waals surface area contributed by atoms with E-state index in [2.05, 4.69) is 0 Å². The van der Waals surface area contributed by atoms with Crippen LogP contribution in [0.2, 0.25) is 10.0 Å². The highest BCUT2D eigenvalue weighted by Crippen LogP contribution is 2.41. The van der Waals surface area contributed by atoms with E-state index in [1.54, 1.807) is 48.5 Å². The number of hydrogen-bond acceptors (Lipinski definition) is 3. The zero-order chi connectivity index (χ0) is 21.3. The smallest absolute Gasteiger partial charge is 0.295 e. The maximum Gasteiger partial charge on any atom is 0.295 e. The normalized spacial score (nSPS) is 18.1. The van der Waals surface area contributed by atoms with E-state index in [1.807, 2.05) is 30.3 Å². The number of hydrogen-bond donors (Lipinski definition) is 1. The topological polar surface area (TPSA) is 57.6 Å². The highest BCUT2D eigenvalue weighted by atomic mass is 35.5. The van der Waals surface area contributed by atoms with E-state index in [-0.39, 0.29) is 17.9 Å². The van der Waals surface area contributed by atoms with Gasteiger partial charge in [-0.2, -0.15) is 0 Å². The number of Topliss-reactive ketones (excluding diaryl/α,β-unsaturated/α-hetero) is 1. The Balaban J connectivity index is 1.88. The van der Waals surface area contributed by atoms with Crippen molar-refractivity contribution in [2.75, 3.05) is 0 Å². The first kappa shape index (κ1) is 20.2. The van der Waals surface area contributed by atoms with Crippen molar-refractivity contribution in [3.63, 3.8) is 0 Å². The maximum atomic E-state index is 13.0. The minimum atomic E-state index is -0.792. The summed E-state index contributed by atoms with van der Waals surface area (Å²) < 4.78 is 0. The third-order valence-corrected chi connectivity index (χ3v) is 5.78. The first-order valence-corrected chi connectivity index (χ1v) is 10.1. The van der Waals surface area contributed by atoms with E-state index in [0.717, 1.165) is 5.56 Å². The fourth-order valence-electron chi connectivity index (χ4n) is 3.60. The lowest BCUT2D eigenvalue weighted by Crippen LogP contribution is -2.29. The summed E-state index contributed by atoms with van der Waals surface area (Å²) in [5.74, 6) is -1.63. The van der Waals surface area contributed by atoms with Crippen LogP contribution in [0.3, 0.4) is 0 Å². The van der Waals surface area contributed by atoms with Crippen LogP contribution in [0.5, 0.6) is 0 Å². The molecule has 0 radical (unpaired) electrons. The number of aliphatic hydroxyl groups is 1. The standard InChI is InChI=1S/C24H17Cl2NO3/c25-18-12-11-17(13-19(18)26)21-20(22(28)16-9-5-2-6-10-16)23(29)24(30)27(21)14-15-7-3-1-4-8-15/h1-13,21,28H,14H2/b22-20+. The van der Waals surface area contributed by atoms with Gasteiger partial charge in [-0.15, -0.1) is 0 Å². The first-order chi connectivity index (χ1) is 14.5. The minimum absolute atomic E-state index is 0.0283. The molecule has 30 heavy (non-hydrogen) atoms. The Morgan fingerprint density at radius 1 is 0.867 bits per heavy atom. The average molecular weight is 438 g/mol. The molecule has 0 aliphatic carbocycles. The van der Waals surface area contributed by atoms with Crippen molar-refractivity contribution in [3.05, 3.63) is 111 Å². The van der Waals surface area contributed by atoms with Crippen LogP contribution in [0.15, 0.2) is 84.4 Å². The summed E-state index contributed by atoms with van der Waals surface area (Å²) in [5.41, 5.74) is 1.95. The van der Waals surface area contributed by atoms with Gasteiger partial charge in [0, 0.05) is 12.1 Å². The van der Waals surface area contributed by atoms with Crippen LogP contribution in [-0.2, 0) is 16.1 Å². The lowest BCUT2D eigenvalue weighted by atomic mass is 9.95. The molecule has 1 fully saturated rings. The molecule has 1 amide bonds. The number of carbonyl (C=O) groups is 2. The van der Waals surface area contributed by atoms with Crippen LogP contribution in [0.1, 0.15) is 22.7 Å². The van der Waals surface area contributed by atoms with Gasteiger partial charge < -0.3 is 10.0 Å². The van der Waals surface area contributed by atoms with Gasteiger partial charge in [0.2, 0.25) is 0 Å². The number of nitrogens with zero attached hydrogens (tertiary/aromatic N) is 1. The Labute approximate surface area is 184 Å². The molecular weight excluding hydrogens is 421 g/mol. The molecule has 0 spiro atoms. The van der Waals surface area contributed by atoms with Crippen LogP contribution >= 0.6 is 23.2 Å². The molecule has 4 nitrogen and oxygen atoms in total. The van der Waals surface area contributed by atoms with Crippen molar-refractivity contribution in [1.29, 1.82) is 0 Å². The molecule has 1 N–H and O–H groups in total. The number of ketones is 1. The third kappa shape index (κ3) is 3.72. The molecular formula is C24H17Cl2NO3. The highest BCUT2D eigenvalue weighted by molar-refractivity contribution is 6.46. The van der Waals surface area contributed by atoms with Crippen molar-refractivity contribution in [3.8, 4) is 0 Å². The van der Waals surface area contributed by atoms with Crippen molar-refractivity contribution in [2.24, 2.45) is 0 Å². The molecule has 1 heterocycles. The van der Waals surface area contributed by atoms with Crippen LogP contribution in [0, 0.1) is 0 Å². The van der Waals surface area contributed by atoms with Gasteiger partial charge in [0.1, 0.15) is 5.76 Å². The fraction of sp³-hybridized carbons (Fsp3) is 0.0833. The Kier molecular flexibility index (Phi) is 5.62. The molecule has 3 aromatic rings. The zero-order valence-corrected chi connectivity index (χ0v) is 17.3. The molecule has 4 rings (SSSR count). The van der Waals surface area contributed by atoms with Crippen molar-refractivity contribution in [1.82, 2.24) is 4.90 Å². The van der Waals surface area contributed by atoms with E-state index in [1.165, 1.54) is 4.90 Å². The second kappa shape index (κ2) is 8.34. The Bertz CT molecular complexity index is 1140. The minimum Gasteiger partial charge on any atom is -0.507 e. The van der Waals surface area contributed by atoms with Crippen LogP contribution < -0.4 is 0 Å². The van der Waals surface area contributed by atoms with E-state index in [0.29, 0.717) is 21.2 Å². The van der Waals surface area contributed by atoms with Gasteiger partial charge in [0.25, 0.3) is 11.7 Å². The second-order valence-corrected chi connectivity index (χ2v) is 7.77. The zero-order valence-electron chi connectivity index (χ0n) is 15.8. The molecule has 1 atom stereocenters. The molecule has 6 heteroatoms. The molecule has 1 aliphatic heterocycles. The number of benzene rings is 3. The summed E-state index contributed by atoms with van der Waals surface area (Å²) >= 11 is 12.3. The maximum absolute atomic E-state index is 13.0. The fourth-order valence-corrected chi connectivity index (χ4v) is 3.91. The largest absolute Gasteiger partial charge is 0.507 e. The van der Waals surface area contributed by atoms with Crippen LogP contribution in [0.4, 0.5) is 0 Å². The summed E-state index contributed by atoms with van der Waals surface area (Å²) in [7, 11) is 0. The molecule has 1 unspecified atom stereocenters. The van der Waals surface area contributed by atoms with Gasteiger partial charge in [-0.3, -0.25) is 9.59 Å². The van der Waals surface area contributed by atoms with E-state index < -0.39 is 17.7 Å². The molecule has 0 aromatic heterocycles. The molecule has 0 bridgehead atoms. The number of rotatable bonds is 4. The summed E-state index contributed by atoms with van der Waals surface area (Å²) in [6, 6.07) is 22.2. The Hall–Kier alpha value is -3.08. The van der Waals surface area contributed by atoms with Gasteiger partial charge in [-0.05, 0) is 23.3 Å². The molecule has 150 valence electrons.